The molecule has 0 radical (unpaired) electrons. The van der Waals surface area contributed by atoms with E-state index in [-0.39, 0.29) is 40.3 Å². The second-order valence-corrected chi connectivity index (χ2v) is 10.4. The standard InChI is InChI=1S/C30H26Cl2N4O5/c31-23-11-20(28(38)34-15-18-5-3-4-17(10-18)14-33)12-24(32)27(23)26(37)13-21(29(39)40)16-35-30(41)36-25-9-8-19-6-1-2-7-22(19)25/h1-7,10-12,21,25H,8-9,13,15-16H2,(H,34,38)(H,39,40)(H2,35,36,41)/t21-,25+/m0/s1. The van der Waals surface area contributed by atoms with Crippen LogP contribution in [0.1, 0.15) is 61.9 Å². The van der Waals surface area contributed by atoms with Crippen molar-refractivity contribution in [3.63, 3.8) is 0 Å². The fraction of sp³-hybridized carbons (Fsp3) is 0.233. The van der Waals surface area contributed by atoms with Gasteiger partial charge in [-0.3, -0.25) is 14.4 Å². The van der Waals surface area contributed by atoms with E-state index < -0.39 is 36.0 Å². The van der Waals surface area contributed by atoms with Crippen LogP contribution in [0.4, 0.5) is 4.79 Å². The van der Waals surface area contributed by atoms with Crippen LogP contribution in [0.2, 0.25) is 10.0 Å². The van der Waals surface area contributed by atoms with Crippen molar-refractivity contribution in [2.24, 2.45) is 5.92 Å². The van der Waals surface area contributed by atoms with E-state index in [1.165, 1.54) is 12.1 Å². The Bertz CT molecular complexity index is 1530. The summed E-state index contributed by atoms with van der Waals surface area (Å²) in [6.45, 7) is -0.137. The highest BCUT2D eigenvalue weighted by molar-refractivity contribution is 6.40. The molecule has 3 amide bonds. The number of hydrogen-bond acceptors (Lipinski definition) is 5. The number of nitrogens with zero attached hydrogens (tertiary/aromatic N) is 1. The van der Waals surface area contributed by atoms with Crippen LogP contribution < -0.4 is 16.0 Å². The Morgan fingerprint density at radius 3 is 2.44 bits per heavy atom. The van der Waals surface area contributed by atoms with Gasteiger partial charge in [-0.1, -0.05) is 59.6 Å². The van der Waals surface area contributed by atoms with Gasteiger partial charge < -0.3 is 21.1 Å². The molecule has 0 bridgehead atoms. The van der Waals surface area contributed by atoms with Crippen LogP contribution in [0.3, 0.4) is 0 Å². The summed E-state index contributed by atoms with van der Waals surface area (Å²) in [5.41, 5.74) is 3.37. The lowest BCUT2D eigenvalue weighted by atomic mass is 9.97. The summed E-state index contributed by atoms with van der Waals surface area (Å²) in [5, 5.41) is 26.6. The van der Waals surface area contributed by atoms with Gasteiger partial charge in [0.2, 0.25) is 0 Å². The highest BCUT2D eigenvalue weighted by Gasteiger charge is 2.28. The highest BCUT2D eigenvalue weighted by atomic mass is 35.5. The van der Waals surface area contributed by atoms with Gasteiger partial charge in [-0.05, 0) is 53.8 Å². The minimum Gasteiger partial charge on any atom is -0.481 e. The molecule has 1 aliphatic rings. The third kappa shape index (κ3) is 7.42. The molecule has 11 heteroatoms. The maximum atomic E-state index is 13.0. The van der Waals surface area contributed by atoms with Crippen LogP contribution in [-0.4, -0.2) is 35.3 Å². The smallest absolute Gasteiger partial charge is 0.315 e. The first-order chi connectivity index (χ1) is 19.7. The number of carbonyl (C=O) groups excluding carboxylic acids is 3. The monoisotopic (exact) mass is 592 g/mol. The number of fused-ring (bicyclic) bond motifs is 1. The number of urea groups is 1. The third-order valence-electron chi connectivity index (χ3n) is 6.82. The summed E-state index contributed by atoms with van der Waals surface area (Å²) in [6.07, 6.45) is 1.11. The van der Waals surface area contributed by atoms with Crippen LogP contribution in [0.25, 0.3) is 0 Å². The number of carboxylic acid groups (broad SMARTS) is 1. The zero-order chi connectivity index (χ0) is 29.5. The fourth-order valence-corrected chi connectivity index (χ4v) is 5.41. The van der Waals surface area contributed by atoms with E-state index in [2.05, 4.69) is 16.0 Å². The van der Waals surface area contributed by atoms with E-state index >= 15 is 0 Å². The number of Topliss-reactive ketones (excluding diaryl/α,β-unsaturated/α-hetero) is 1. The molecule has 41 heavy (non-hydrogen) atoms. The van der Waals surface area contributed by atoms with Crippen LogP contribution in [-0.2, 0) is 17.8 Å². The quantitative estimate of drug-likeness (QED) is 0.242. The maximum Gasteiger partial charge on any atom is 0.315 e. The van der Waals surface area contributed by atoms with Crippen LogP contribution in [0.15, 0.2) is 60.7 Å². The van der Waals surface area contributed by atoms with E-state index in [0.29, 0.717) is 5.56 Å². The number of ketones is 1. The molecular formula is C30H26Cl2N4O5. The van der Waals surface area contributed by atoms with E-state index in [1.54, 1.807) is 24.3 Å². The maximum absolute atomic E-state index is 13.0. The molecule has 0 unspecified atom stereocenters. The molecule has 3 aromatic carbocycles. The molecule has 0 fully saturated rings. The van der Waals surface area contributed by atoms with Gasteiger partial charge in [0.15, 0.2) is 5.78 Å². The molecule has 1 aliphatic carbocycles. The van der Waals surface area contributed by atoms with Gasteiger partial charge in [0, 0.05) is 25.1 Å². The number of amides is 3. The Morgan fingerprint density at radius 1 is 1.00 bits per heavy atom. The van der Waals surface area contributed by atoms with Crippen molar-refractivity contribution in [1.82, 2.24) is 16.0 Å². The first kappa shape index (κ1) is 29.6. The lowest BCUT2D eigenvalue weighted by Gasteiger charge is -2.17. The van der Waals surface area contributed by atoms with Crippen LogP contribution in [0, 0.1) is 17.2 Å². The lowest BCUT2D eigenvalue weighted by Crippen LogP contribution is -2.41. The Labute approximate surface area is 246 Å². The molecule has 0 aliphatic heterocycles. The van der Waals surface area contributed by atoms with Crippen molar-refractivity contribution < 1.29 is 24.3 Å². The largest absolute Gasteiger partial charge is 0.481 e. The zero-order valence-electron chi connectivity index (χ0n) is 21.7. The van der Waals surface area contributed by atoms with Gasteiger partial charge in [0.25, 0.3) is 5.91 Å². The summed E-state index contributed by atoms with van der Waals surface area (Å²) in [4.78, 5) is 50.0. The number of halogens is 2. The average molecular weight is 593 g/mol. The normalized spacial score (nSPS) is 14.3. The second-order valence-electron chi connectivity index (χ2n) is 9.62. The van der Waals surface area contributed by atoms with Crippen LogP contribution in [0.5, 0.6) is 0 Å². The molecule has 0 spiro atoms. The van der Waals surface area contributed by atoms with Crippen LogP contribution >= 0.6 is 23.2 Å². The Kier molecular flexibility index (Phi) is 9.61. The summed E-state index contributed by atoms with van der Waals surface area (Å²) >= 11 is 12.6. The van der Waals surface area contributed by atoms with Gasteiger partial charge in [0.1, 0.15) is 0 Å². The van der Waals surface area contributed by atoms with Crippen molar-refractivity contribution in [3.05, 3.63) is 104 Å². The van der Waals surface area contributed by atoms with Crippen molar-refractivity contribution in [2.45, 2.75) is 31.8 Å². The molecule has 4 rings (SSSR count). The SMILES string of the molecule is N#Cc1cccc(CNC(=O)c2cc(Cl)c(C(=O)C[C@@H](CNC(=O)N[C@@H]3CCc4ccccc43)C(=O)O)c(Cl)c2)c1. The predicted octanol–water partition coefficient (Wildman–Crippen LogP) is 5.06. The first-order valence-corrected chi connectivity index (χ1v) is 13.6. The van der Waals surface area contributed by atoms with Crippen molar-refractivity contribution in [2.75, 3.05) is 6.54 Å². The molecule has 0 saturated carbocycles. The van der Waals surface area contributed by atoms with E-state index in [9.17, 15) is 24.3 Å². The molecule has 0 heterocycles. The Hall–Kier alpha value is -4.39. The molecule has 0 aromatic heterocycles. The number of rotatable bonds is 10. The number of carboxylic acids is 1. The highest BCUT2D eigenvalue weighted by Crippen LogP contribution is 2.31. The van der Waals surface area contributed by atoms with E-state index in [4.69, 9.17) is 28.5 Å². The van der Waals surface area contributed by atoms with E-state index in [0.717, 1.165) is 29.5 Å². The van der Waals surface area contributed by atoms with Crippen molar-refractivity contribution >= 4 is 46.9 Å². The first-order valence-electron chi connectivity index (χ1n) is 12.8. The molecule has 210 valence electrons. The number of nitrogens with one attached hydrogen (secondary N) is 3. The third-order valence-corrected chi connectivity index (χ3v) is 7.42. The van der Waals surface area contributed by atoms with E-state index in [1.807, 2.05) is 30.3 Å². The summed E-state index contributed by atoms with van der Waals surface area (Å²) in [5.74, 6) is -3.64. The van der Waals surface area contributed by atoms with Crippen molar-refractivity contribution in [1.29, 1.82) is 5.26 Å². The van der Waals surface area contributed by atoms with Crippen molar-refractivity contribution in [3.8, 4) is 6.07 Å². The lowest BCUT2D eigenvalue weighted by molar-refractivity contribution is -0.141. The molecule has 4 N–H and O–H groups in total. The number of benzene rings is 3. The fourth-order valence-electron chi connectivity index (χ4n) is 4.71. The summed E-state index contributed by atoms with van der Waals surface area (Å²) < 4.78 is 0. The molecule has 0 saturated heterocycles. The van der Waals surface area contributed by atoms with Gasteiger partial charge in [-0.15, -0.1) is 0 Å². The summed E-state index contributed by atoms with van der Waals surface area (Å²) in [6, 6.07) is 18.4. The number of carbonyl (C=O) groups is 4. The average Bonchev–Trinajstić information content (AvgIpc) is 3.36. The minimum absolute atomic E-state index is 0.103. The predicted molar refractivity (Wildman–Crippen MR) is 153 cm³/mol. The minimum atomic E-state index is -1.27. The Morgan fingerprint density at radius 2 is 1.73 bits per heavy atom. The zero-order valence-corrected chi connectivity index (χ0v) is 23.3. The van der Waals surface area contributed by atoms with Gasteiger partial charge in [0.05, 0.1) is 39.2 Å². The van der Waals surface area contributed by atoms with Gasteiger partial charge in [-0.25, -0.2) is 4.79 Å². The molecule has 9 nitrogen and oxygen atoms in total. The number of aliphatic carboxylic acids is 1. The number of hydrogen-bond donors (Lipinski definition) is 4. The number of nitriles is 1. The second kappa shape index (κ2) is 13.3. The summed E-state index contributed by atoms with van der Waals surface area (Å²) in [7, 11) is 0. The topological polar surface area (TPSA) is 148 Å². The molecular weight excluding hydrogens is 567 g/mol. The number of aryl methyl sites for hydroxylation is 1. The van der Waals surface area contributed by atoms with Gasteiger partial charge in [-0.2, -0.15) is 5.26 Å². The van der Waals surface area contributed by atoms with Gasteiger partial charge >= 0.3 is 12.0 Å². The molecule has 3 aromatic rings. The molecule has 2 atom stereocenters. The Balaban J connectivity index is 1.35.